The summed E-state index contributed by atoms with van der Waals surface area (Å²) in [4.78, 5) is 0. The number of fused-ring (bicyclic) bond motifs is 5. The molecule has 4 saturated carbocycles. The summed E-state index contributed by atoms with van der Waals surface area (Å²) in [5.41, 5.74) is 1.49. The fraction of sp³-hybridized carbons (Fsp3) is 0.933. The van der Waals surface area contributed by atoms with Crippen molar-refractivity contribution in [2.75, 3.05) is 0 Å². The van der Waals surface area contributed by atoms with Crippen LogP contribution in [0.1, 0.15) is 113 Å². The lowest BCUT2D eigenvalue weighted by atomic mass is 9.40. The van der Waals surface area contributed by atoms with Crippen LogP contribution in [-0.4, -0.2) is 11.2 Å². The molecule has 0 saturated heterocycles. The smallest absolute Gasteiger partial charge is 0.0543 e. The Hall–Kier alpha value is -0.300. The number of rotatable bonds is 5. The zero-order chi connectivity index (χ0) is 22.6. The Kier molecular flexibility index (Phi) is 6.53. The van der Waals surface area contributed by atoms with Crippen LogP contribution in [0.25, 0.3) is 0 Å². The van der Waals surface area contributed by atoms with Crippen molar-refractivity contribution in [3.8, 4) is 0 Å². The third kappa shape index (κ3) is 3.68. The number of hydrogen-bond acceptors (Lipinski definition) is 1. The molecule has 0 unspecified atom stereocenters. The molecule has 1 heteroatoms. The summed E-state index contributed by atoms with van der Waals surface area (Å²) >= 11 is 0. The van der Waals surface area contributed by atoms with Gasteiger partial charge in [0, 0.05) is 0 Å². The highest BCUT2D eigenvalue weighted by Gasteiger charge is 2.65. The molecular formula is C30H52O. The predicted molar refractivity (Wildman–Crippen MR) is 133 cm³/mol. The number of aliphatic hydroxyl groups is 1. The monoisotopic (exact) mass is 428 g/mol. The Morgan fingerprint density at radius 1 is 0.839 bits per heavy atom. The van der Waals surface area contributed by atoms with Crippen LogP contribution in [0.5, 0.6) is 0 Å². The summed E-state index contributed by atoms with van der Waals surface area (Å²) in [6.07, 6.45) is 18.3. The predicted octanol–water partition coefficient (Wildman–Crippen LogP) is 8.27. The second kappa shape index (κ2) is 8.48. The fourth-order valence-corrected chi connectivity index (χ4v) is 9.81. The van der Waals surface area contributed by atoms with Gasteiger partial charge < -0.3 is 5.11 Å². The minimum absolute atomic E-state index is 0.0275. The number of hydrogen-bond donors (Lipinski definition) is 1. The van der Waals surface area contributed by atoms with Crippen LogP contribution in [-0.2, 0) is 0 Å². The molecule has 0 aromatic carbocycles. The average molecular weight is 429 g/mol. The van der Waals surface area contributed by atoms with Crippen LogP contribution in [0.15, 0.2) is 12.2 Å². The van der Waals surface area contributed by atoms with Gasteiger partial charge in [-0.15, -0.1) is 0 Å². The Labute approximate surface area is 193 Å². The van der Waals surface area contributed by atoms with Crippen molar-refractivity contribution in [2.45, 2.75) is 119 Å². The molecule has 0 aromatic rings. The molecule has 1 N–H and O–H groups in total. The van der Waals surface area contributed by atoms with Crippen molar-refractivity contribution in [3.63, 3.8) is 0 Å². The fourth-order valence-electron chi connectivity index (χ4n) is 9.81. The lowest BCUT2D eigenvalue weighted by Gasteiger charge is -2.65. The van der Waals surface area contributed by atoms with Gasteiger partial charge in [-0.05, 0) is 122 Å². The van der Waals surface area contributed by atoms with Gasteiger partial charge >= 0.3 is 0 Å². The van der Waals surface area contributed by atoms with Crippen molar-refractivity contribution in [2.24, 2.45) is 57.7 Å². The maximum absolute atomic E-state index is 10.3. The van der Waals surface area contributed by atoms with Gasteiger partial charge in [-0.1, -0.05) is 60.6 Å². The van der Waals surface area contributed by atoms with Crippen molar-refractivity contribution in [1.82, 2.24) is 0 Å². The van der Waals surface area contributed by atoms with Crippen LogP contribution in [0, 0.1) is 57.7 Å². The van der Waals surface area contributed by atoms with Crippen molar-refractivity contribution in [1.29, 1.82) is 0 Å². The molecule has 4 aliphatic rings. The normalized spacial score (nSPS) is 49.5. The van der Waals surface area contributed by atoms with Crippen LogP contribution in [0.3, 0.4) is 0 Å². The SMILES string of the molecule is CC[C@H](/C=C/[C@@H](C)[C@H]1CC[C@@]2(C)[C@@H]3CC[C@H]4C[C@@H](O)CC[C@]4(C)[C@H]3CC[C@]12C)C(C)C. The molecule has 1 nitrogen and oxygen atoms in total. The second-order valence-electron chi connectivity index (χ2n) is 13.5. The maximum atomic E-state index is 10.3. The Morgan fingerprint density at radius 2 is 1.55 bits per heavy atom. The minimum Gasteiger partial charge on any atom is -0.393 e. The van der Waals surface area contributed by atoms with E-state index >= 15 is 0 Å². The zero-order valence-electron chi connectivity index (χ0n) is 21.8. The van der Waals surface area contributed by atoms with Gasteiger partial charge in [0.25, 0.3) is 0 Å². The molecule has 4 aliphatic carbocycles. The van der Waals surface area contributed by atoms with E-state index in [0.29, 0.717) is 22.2 Å². The van der Waals surface area contributed by atoms with Gasteiger partial charge in [0.1, 0.15) is 0 Å². The molecular weight excluding hydrogens is 376 g/mol. The standard InChI is InChI=1S/C30H52O/c1-8-22(20(2)3)10-9-21(4)25-14-17-30(7)27-12-11-23-19-24(31)13-16-28(23,5)26(27)15-18-29(25,30)6/h9-10,20-27,31H,8,11-19H2,1-7H3/b10-9+/t21-,22-,23+,24+,25-,26+,27-,28+,29-,30+/m1/s1. The first-order valence-corrected chi connectivity index (χ1v) is 13.9. The number of allylic oxidation sites excluding steroid dienone is 2. The van der Waals surface area contributed by atoms with Gasteiger partial charge in [-0.25, -0.2) is 0 Å². The van der Waals surface area contributed by atoms with Gasteiger partial charge in [-0.3, -0.25) is 0 Å². The highest BCUT2D eigenvalue weighted by molar-refractivity contribution is 5.16. The summed E-state index contributed by atoms with van der Waals surface area (Å²) in [6.45, 7) is 17.7. The van der Waals surface area contributed by atoms with Crippen molar-refractivity contribution < 1.29 is 5.11 Å². The topological polar surface area (TPSA) is 20.2 Å². The lowest BCUT2D eigenvalue weighted by Crippen LogP contribution is -2.58. The van der Waals surface area contributed by atoms with Gasteiger partial charge in [-0.2, -0.15) is 0 Å². The highest BCUT2D eigenvalue weighted by atomic mass is 16.3. The first kappa shape index (κ1) is 23.8. The lowest BCUT2D eigenvalue weighted by molar-refractivity contribution is -0.164. The molecule has 0 aromatic heterocycles. The highest BCUT2D eigenvalue weighted by Crippen LogP contribution is 2.73. The largest absolute Gasteiger partial charge is 0.393 e. The Balaban J connectivity index is 1.55. The molecule has 0 radical (unpaired) electrons. The third-order valence-corrected chi connectivity index (χ3v) is 12.2. The van der Waals surface area contributed by atoms with E-state index in [9.17, 15) is 5.11 Å². The second-order valence-corrected chi connectivity index (χ2v) is 13.5. The first-order chi connectivity index (χ1) is 14.6. The molecule has 0 aliphatic heterocycles. The average Bonchev–Trinajstić information content (AvgIpc) is 3.00. The van der Waals surface area contributed by atoms with E-state index < -0.39 is 0 Å². The summed E-state index contributed by atoms with van der Waals surface area (Å²) in [5.74, 6) is 5.60. The van der Waals surface area contributed by atoms with E-state index in [1.165, 1.54) is 51.4 Å². The van der Waals surface area contributed by atoms with Gasteiger partial charge in [0.15, 0.2) is 0 Å². The summed E-state index contributed by atoms with van der Waals surface area (Å²) in [5, 5.41) is 10.3. The molecule has 178 valence electrons. The molecule has 0 bridgehead atoms. The number of aliphatic hydroxyl groups excluding tert-OH is 1. The van der Waals surface area contributed by atoms with Crippen LogP contribution >= 0.6 is 0 Å². The van der Waals surface area contributed by atoms with E-state index in [0.717, 1.165) is 48.3 Å². The van der Waals surface area contributed by atoms with E-state index in [1.807, 2.05) is 0 Å². The maximum Gasteiger partial charge on any atom is 0.0543 e. The van der Waals surface area contributed by atoms with E-state index in [-0.39, 0.29) is 6.10 Å². The Morgan fingerprint density at radius 3 is 2.23 bits per heavy atom. The summed E-state index contributed by atoms with van der Waals surface area (Å²) in [6, 6.07) is 0. The molecule has 31 heavy (non-hydrogen) atoms. The van der Waals surface area contributed by atoms with Gasteiger partial charge in [0.2, 0.25) is 0 Å². The Bertz CT molecular complexity index is 665. The van der Waals surface area contributed by atoms with Crippen molar-refractivity contribution >= 4 is 0 Å². The van der Waals surface area contributed by atoms with E-state index in [4.69, 9.17) is 0 Å². The minimum atomic E-state index is -0.0275. The molecule has 0 spiro atoms. The molecule has 4 fully saturated rings. The molecule has 0 amide bonds. The molecule has 4 rings (SSSR count). The van der Waals surface area contributed by atoms with E-state index in [1.54, 1.807) is 0 Å². The van der Waals surface area contributed by atoms with Crippen LogP contribution in [0.2, 0.25) is 0 Å². The van der Waals surface area contributed by atoms with Crippen LogP contribution in [0.4, 0.5) is 0 Å². The third-order valence-electron chi connectivity index (χ3n) is 12.2. The summed E-state index contributed by atoms with van der Waals surface area (Å²) in [7, 11) is 0. The summed E-state index contributed by atoms with van der Waals surface area (Å²) < 4.78 is 0. The molecule has 0 heterocycles. The van der Waals surface area contributed by atoms with Crippen LogP contribution < -0.4 is 0 Å². The van der Waals surface area contributed by atoms with Gasteiger partial charge in [0.05, 0.1) is 6.10 Å². The zero-order valence-corrected chi connectivity index (χ0v) is 21.8. The quantitative estimate of drug-likeness (QED) is 0.437. The van der Waals surface area contributed by atoms with Crippen molar-refractivity contribution in [3.05, 3.63) is 12.2 Å². The van der Waals surface area contributed by atoms with E-state index in [2.05, 4.69) is 60.6 Å². The molecule has 10 atom stereocenters. The first-order valence-electron chi connectivity index (χ1n) is 13.9.